The van der Waals surface area contributed by atoms with Gasteiger partial charge in [-0.2, -0.15) is 5.10 Å². The number of hydrogen-bond acceptors (Lipinski definition) is 4. The SMILES string of the molecule is CC(=O)C1=NN(c2ccc(Cl)cc2Cl)C(c2ccc(Cl)cc2)C1C=O. The number of rotatable bonds is 4. The van der Waals surface area contributed by atoms with Crippen molar-refractivity contribution >= 4 is 58.3 Å². The van der Waals surface area contributed by atoms with E-state index in [1.165, 1.54) is 6.92 Å². The van der Waals surface area contributed by atoms with Gasteiger partial charge in [0.1, 0.15) is 12.0 Å². The number of aldehydes is 1. The fraction of sp³-hybridized carbons (Fsp3) is 0.167. The first-order valence-electron chi connectivity index (χ1n) is 7.47. The third kappa shape index (κ3) is 3.43. The lowest BCUT2D eigenvalue weighted by molar-refractivity contribution is -0.113. The maximum Gasteiger partial charge on any atom is 0.176 e. The average Bonchev–Trinajstić information content (AvgIpc) is 2.95. The normalized spacial score (nSPS) is 19.7. The highest BCUT2D eigenvalue weighted by molar-refractivity contribution is 6.43. The van der Waals surface area contributed by atoms with Gasteiger partial charge in [0, 0.05) is 17.0 Å². The molecule has 0 saturated carbocycles. The van der Waals surface area contributed by atoms with Crippen molar-refractivity contribution in [1.82, 2.24) is 0 Å². The van der Waals surface area contributed by atoms with E-state index >= 15 is 0 Å². The fourth-order valence-electron chi connectivity index (χ4n) is 2.87. The van der Waals surface area contributed by atoms with Gasteiger partial charge in [-0.15, -0.1) is 0 Å². The molecule has 2 atom stereocenters. The second-order valence-corrected chi connectivity index (χ2v) is 6.92. The van der Waals surface area contributed by atoms with Gasteiger partial charge in [-0.05, 0) is 35.9 Å². The van der Waals surface area contributed by atoms with Gasteiger partial charge >= 0.3 is 0 Å². The first-order chi connectivity index (χ1) is 11.9. The third-order valence-corrected chi connectivity index (χ3v) is 4.80. The van der Waals surface area contributed by atoms with Crippen molar-refractivity contribution in [3.05, 3.63) is 63.1 Å². The minimum atomic E-state index is -0.703. The summed E-state index contributed by atoms with van der Waals surface area (Å²) in [5, 5.41) is 7.43. The molecule has 0 fully saturated rings. The van der Waals surface area contributed by atoms with E-state index < -0.39 is 12.0 Å². The number of Topliss-reactive ketones (excluding diaryl/α,β-unsaturated/α-hetero) is 1. The molecule has 2 unspecified atom stereocenters. The maximum atomic E-state index is 12.0. The molecule has 0 saturated heterocycles. The van der Waals surface area contributed by atoms with E-state index in [4.69, 9.17) is 34.8 Å². The molecule has 2 aromatic rings. The van der Waals surface area contributed by atoms with Crippen molar-refractivity contribution < 1.29 is 9.59 Å². The van der Waals surface area contributed by atoms with Gasteiger partial charge in [-0.3, -0.25) is 9.80 Å². The smallest absolute Gasteiger partial charge is 0.176 e. The van der Waals surface area contributed by atoms with Crippen LogP contribution in [0, 0.1) is 5.92 Å². The molecule has 1 heterocycles. The van der Waals surface area contributed by atoms with E-state index in [9.17, 15) is 9.59 Å². The van der Waals surface area contributed by atoms with E-state index in [1.807, 2.05) is 0 Å². The van der Waals surface area contributed by atoms with Crippen LogP contribution in [0.2, 0.25) is 15.1 Å². The largest absolute Gasteiger partial charge is 0.303 e. The van der Waals surface area contributed by atoms with Crippen molar-refractivity contribution in [2.45, 2.75) is 13.0 Å². The predicted octanol–water partition coefficient (Wildman–Crippen LogP) is 4.97. The lowest BCUT2D eigenvalue weighted by atomic mass is 9.89. The van der Waals surface area contributed by atoms with Gasteiger partial charge < -0.3 is 4.79 Å². The molecule has 0 spiro atoms. The predicted molar refractivity (Wildman–Crippen MR) is 101 cm³/mol. The van der Waals surface area contributed by atoms with Gasteiger partial charge in [-0.1, -0.05) is 46.9 Å². The Morgan fingerprint density at radius 3 is 2.28 bits per heavy atom. The Hall–Kier alpha value is -1.88. The zero-order chi connectivity index (χ0) is 18.1. The summed E-state index contributed by atoms with van der Waals surface area (Å²) in [5.74, 6) is -0.964. The lowest BCUT2D eigenvalue weighted by Crippen LogP contribution is -2.28. The summed E-state index contributed by atoms with van der Waals surface area (Å²) in [5.41, 5.74) is 1.56. The molecule has 7 heteroatoms. The molecule has 0 N–H and O–H groups in total. The van der Waals surface area contributed by atoms with Gasteiger partial charge in [0.25, 0.3) is 0 Å². The lowest BCUT2D eigenvalue weighted by Gasteiger charge is -2.27. The number of hydrogen-bond donors (Lipinski definition) is 0. The summed E-state index contributed by atoms with van der Waals surface area (Å²) in [7, 11) is 0. The van der Waals surface area contributed by atoms with E-state index in [1.54, 1.807) is 47.5 Å². The van der Waals surface area contributed by atoms with Crippen LogP contribution in [0.4, 0.5) is 5.69 Å². The number of carbonyl (C=O) groups excluding carboxylic acids is 2. The Kier molecular flexibility index (Phi) is 5.13. The molecular weight excluding hydrogens is 383 g/mol. The number of halogens is 3. The van der Waals surface area contributed by atoms with Crippen LogP contribution >= 0.6 is 34.8 Å². The number of anilines is 1. The van der Waals surface area contributed by atoms with Crippen molar-refractivity contribution in [2.75, 3.05) is 5.01 Å². The molecule has 0 aromatic heterocycles. The molecule has 0 amide bonds. The number of benzene rings is 2. The van der Waals surface area contributed by atoms with E-state index in [-0.39, 0.29) is 11.5 Å². The topological polar surface area (TPSA) is 49.7 Å². The molecule has 0 radical (unpaired) electrons. The fourth-order valence-corrected chi connectivity index (χ4v) is 3.49. The van der Waals surface area contributed by atoms with Crippen LogP contribution in [0.3, 0.4) is 0 Å². The molecule has 1 aliphatic rings. The Labute approximate surface area is 160 Å². The Balaban J connectivity index is 2.15. The second kappa shape index (κ2) is 7.16. The molecule has 4 nitrogen and oxygen atoms in total. The summed E-state index contributed by atoms with van der Waals surface area (Å²) >= 11 is 18.2. The van der Waals surface area contributed by atoms with Crippen molar-refractivity contribution in [1.29, 1.82) is 0 Å². The average molecular weight is 396 g/mol. The van der Waals surface area contributed by atoms with Gasteiger partial charge in [0.05, 0.1) is 22.7 Å². The highest BCUT2D eigenvalue weighted by Crippen LogP contribution is 2.42. The Morgan fingerprint density at radius 2 is 1.72 bits per heavy atom. The molecule has 1 aliphatic heterocycles. The molecule has 2 aromatic carbocycles. The van der Waals surface area contributed by atoms with Gasteiger partial charge in [-0.25, -0.2) is 0 Å². The Bertz CT molecular complexity index is 865. The van der Waals surface area contributed by atoms with E-state index in [0.717, 1.165) is 11.8 Å². The molecule has 3 rings (SSSR count). The summed E-state index contributed by atoms with van der Waals surface area (Å²) < 4.78 is 0. The monoisotopic (exact) mass is 394 g/mol. The zero-order valence-corrected chi connectivity index (χ0v) is 15.4. The summed E-state index contributed by atoms with van der Waals surface area (Å²) in [6.45, 7) is 1.39. The first-order valence-corrected chi connectivity index (χ1v) is 8.60. The summed E-state index contributed by atoms with van der Waals surface area (Å²) in [4.78, 5) is 23.7. The number of nitrogens with zero attached hydrogens (tertiary/aromatic N) is 2. The van der Waals surface area contributed by atoms with Crippen LogP contribution in [0.5, 0.6) is 0 Å². The van der Waals surface area contributed by atoms with Crippen LogP contribution in [0.15, 0.2) is 47.6 Å². The van der Waals surface area contributed by atoms with Crippen LogP contribution in [0.1, 0.15) is 18.5 Å². The minimum Gasteiger partial charge on any atom is -0.303 e. The molecule has 25 heavy (non-hydrogen) atoms. The quantitative estimate of drug-likeness (QED) is 0.687. The first kappa shape index (κ1) is 17.9. The number of carbonyl (C=O) groups is 2. The zero-order valence-electron chi connectivity index (χ0n) is 13.1. The van der Waals surface area contributed by atoms with Crippen LogP contribution in [0.25, 0.3) is 0 Å². The standard InChI is InChI=1S/C18H13Cl3N2O2/c1-10(25)17-14(9-24)18(11-2-4-12(19)5-3-11)23(22-17)16-7-6-13(20)8-15(16)21/h2-9,14,18H,1H3. The minimum absolute atomic E-state index is 0.195. The Morgan fingerprint density at radius 1 is 1.08 bits per heavy atom. The van der Waals surface area contributed by atoms with Crippen molar-refractivity contribution in [2.24, 2.45) is 11.0 Å². The summed E-state index contributed by atoms with van der Waals surface area (Å²) in [6, 6.07) is 11.6. The summed E-state index contributed by atoms with van der Waals surface area (Å²) in [6.07, 6.45) is 0.739. The third-order valence-electron chi connectivity index (χ3n) is 4.01. The van der Waals surface area contributed by atoms with Crippen LogP contribution in [-0.2, 0) is 9.59 Å². The number of ketones is 1. The second-order valence-electron chi connectivity index (χ2n) is 5.64. The van der Waals surface area contributed by atoms with Gasteiger partial charge in [0.2, 0.25) is 0 Å². The molecule has 0 aliphatic carbocycles. The van der Waals surface area contributed by atoms with E-state index in [2.05, 4.69) is 5.10 Å². The van der Waals surface area contributed by atoms with Crippen molar-refractivity contribution in [3.63, 3.8) is 0 Å². The van der Waals surface area contributed by atoms with Gasteiger partial charge in [0.15, 0.2) is 5.78 Å². The van der Waals surface area contributed by atoms with Crippen LogP contribution < -0.4 is 5.01 Å². The highest BCUT2D eigenvalue weighted by Gasteiger charge is 2.41. The van der Waals surface area contributed by atoms with Crippen molar-refractivity contribution in [3.8, 4) is 0 Å². The number of hydrazone groups is 1. The highest BCUT2D eigenvalue weighted by atomic mass is 35.5. The maximum absolute atomic E-state index is 12.0. The molecular formula is C18H13Cl3N2O2. The van der Waals surface area contributed by atoms with Crippen LogP contribution in [-0.4, -0.2) is 17.8 Å². The molecule has 128 valence electrons. The van der Waals surface area contributed by atoms with E-state index in [0.29, 0.717) is 20.8 Å². The molecule has 0 bridgehead atoms.